The van der Waals surface area contributed by atoms with E-state index in [9.17, 15) is 14.3 Å². The molecule has 0 radical (unpaired) electrons. The van der Waals surface area contributed by atoms with Crippen LogP contribution in [0.3, 0.4) is 0 Å². The fourth-order valence-corrected chi connectivity index (χ4v) is 3.83. The molecule has 184 valence electrons. The Morgan fingerprint density at radius 2 is 1.91 bits per heavy atom. The van der Waals surface area contributed by atoms with Crippen molar-refractivity contribution in [1.82, 2.24) is 19.7 Å². The molecule has 9 nitrogen and oxygen atoms in total. The lowest BCUT2D eigenvalue weighted by atomic mass is 10.1. The summed E-state index contributed by atoms with van der Waals surface area (Å²) in [5.41, 5.74) is 3.09. The van der Waals surface area contributed by atoms with Crippen LogP contribution in [0.25, 0.3) is 0 Å². The molecule has 2 atom stereocenters. The number of hydrogen-bond acceptors (Lipinski definition) is 7. The highest BCUT2D eigenvalue weighted by atomic mass is 32.1. The number of halogens is 1. The summed E-state index contributed by atoms with van der Waals surface area (Å²) < 4.78 is 14.9. The summed E-state index contributed by atoms with van der Waals surface area (Å²) in [6.07, 6.45) is 2.81. The standard InChI is InChI=1S/C22H26FN7O2.2H2S/c1-4-30-19(14(3)31)21(32)27-18-13(2)26-22(28-20(18)30)24-9-16-10-25-29(12-16)11-15-5-7-17(23)8-6-15;;/h5-8,10,12,14,19,31H,4,9,11H2,1-3H3,(H,27,32)(H,24,26,28);2*1H2/t14-,19-;;/m0../s1. The first-order chi connectivity index (χ1) is 15.4. The minimum Gasteiger partial charge on any atom is -0.391 e. The minimum atomic E-state index is -0.846. The smallest absolute Gasteiger partial charge is 0.249 e. The van der Waals surface area contributed by atoms with Crippen LogP contribution in [0, 0.1) is 12.7 Å². The molecule has 12 heteroatoms. The van der Waals surface area contributed by atoms with Gasteiger partial charge in [-0.15, -0.1) is 0 Å². The molecule has 0 bridgehead atoms. The molecule has 3 heterocycles. The average Bonchev–Trinajstić information content (AvgIpc) is 3.20. The van der Waals surface area contributed by atoms with Crippen LogP contribution in [0.4, 0.5) is 21.8 Å². The number of anilines is 3. The van der Waals surface area contributed by atoms with E-state index >= 15 is 0 Å². The van der Waals surface area contributed by atoms with Crippen molar-refractivity contribution in [3.8, 4) is 0 Å². The topological polar surface area (TPSA) is 108 Å². The molecular weight excluding hydrogens is 477 g/mol. The van der Waals surface area contributed by atoms with Crippen LogP contribution < -0.4 is 15.5 Å². The van der Waals surface area contributed by atoms with E-state index in [4.69, 9.17) is 0 Å². The van der Waals surface area contributed by atoms with Crippen molar-refractivity contribution in [1.29, 1.82) is 0 Å². The molecule has 3 N–H and O–H groups in total. The van der Waals surface area contributed by atoms with Crippen LogP contribution in [0.15, 0.2) is 36.7 Å². The summed E-state index contributed by atoms with van der Waals surface area (Å²) in [5.74, 6) is 0.474. The van der Waals surface area contributed by atoms with Gasteiger partial charge in [0.1, 0.15) is 17.5 Å². The monoisotopic (exact) mass is 507 g/mol. The Morgan fingerprint density at radius 3 is 2.56 bits per heavy atom. The number of benzene rings is 1. The Hall–Kier alpha value is -2.83. The van der Waals surface area contributed by atoms with Gasteiger partial charge in [-0.05, 0) is 38.5 Å². The Labute approximate surface area is 211 Å². The van der Waals surface area contributed by atoms with Crippen molar-refractivity contribution in [2.75, 3.05) is 22.1 Å². The number of aryl methyl sites for hydroxylation is 1. The summed E-state index contributed by atoms with van der Waals surface area (Å²) in [7, 11) is 0. The van der Waals surface area contributed by atoms with Gasteiger partial charge in [0.15, 0.2) is 5.82 Å². The van der Waals surface area contributed by atoms with Crippen LogP contribution in [0.1, 0.15) is 30.7 Å². The van der Waals surface area contributed by atoms with Crippen LogP contribution in [0.2, 0.25) is 0 Å². The number of nitrogens with zero attached hydrogens (tertiary/aromatic N) is 5. The van der Waals surface area contributed by atoms with E-state index in [2.05, 4.69) is 25.7 Å². The number of carbonyl (C=O) groups excluding carboxylic acids is 1. The van der Waals surface area contributed by atoms with Gasteiger partial charge in [0.2, 0.25) is 11.9 Å². The van der Waals surface area contributed by atoms with Gasteiger partial charge in [0, 0.05) is 24.8 Å². The maximum absolute atomic E-state index is 13.1. The van der Waals surface area contributed by atoms with Gasteiger partial charge in [-0.25, -0.2) is 9.37 Å². The van der Waals surface area contributed by atoms with Crippen molar-refractivity contribution >= 4 is 50.4 Å². The van der Waals surface area contributed by atoms with Crippen LogP contribution in [0.5, 0.6) is 0 Å². The number of aliphatic hydroxyl groups excluding tert-OH is 1. The van der Waals surface area contributed by atoms with Crippen molar-refractivity contribution in [2.24, 2.45) is 0 Å². The fraction of sp³-hybridized carbons (Fsp3) is 0.364. The summed E-state index contributed by atoms with van der Waals surface area (Å²) in [5, 5.41) is 20.5. The third-order valence-electron chi connectivity index (χ3n) is 5.39. The lowest BCUT2D eigenvalue weighted by Crippen LogP contribution is -2.54. The lowest BCUT2D eigenvalue weighted by Gasteiger charge is -2.38. The molecule has 3 aromatic rings. The zero-order chi connectivity index (χ0) is 22.8. The molecule has 0 saturated heterocycles. The Morgan fingerprint density at radius 1 is 1.21 bits per heavy atom. The zero-order valence-corrected chi connectivity index (χ0v) is 21.2. The average molecular weight is 508 g/mol. The van der Waals surface area contributed by atoms with E-state index in [0.717, 1.165) is 11.1 Å². The normalized spacial score (nSPS) is 15.5. The zero-order valence-electron chi connectivity index (χ0n) is 19.2. The van der Waals surface area contributed by atoms with Gasteiger partial charge in [-0.1, -0.05) is 12.1 Å². The van der Waals surface area contributed by atoms with Gasteiger partial charge >= 0.3 is 0 Å². The van der Waals surface area contributed by atoms with Gasteiger partial charge in [-0.3, -0.25) is 9.48 Å². The van der Waals surface area contributed by atoms with Crippen molar-refractivity contribution in [3.05, 3.63) is 59.3 Å². The quantitative estimate of drug-likeness (QED) is 0.451. The number of fused-ring (bicyclic) bond motifs is 1. The van der Waals surface area contributed by atoms with Gasteiger partial charge in [-0.2, -0.15) is 37.1 Å². The molecular formula is C22H30FN7O2S2. The minimum absolute atomic E-state index is 0. The third-order valence-corrected chi connectivity index (χ3v) is 5.39. The highest BCUT2D eigenvalue weighted by Gasteiger charge is 2.37. The number of carbonyl (C=O) groups is 1. The number of hydrogen-bond donors (Lipinski definition) is 3. The number of likely N-dealkylation sites (N-methyl/N-ethyl adjacent to an activating group) is 1. The summed E-state index contributed by atoms with van der Waals surface area (Å²) in [4.78, 5) is 23.3. The largest absolute Gasteiger partial charge is 0.391 e. The molecule has 1 aliphatic rings. The van der Waals surface area contributed by atoms with E-state index < -0.39 is 12.1 Å². The lowest BCUT2D eigenvalue weighted by molar-refractivity contribution is -0.119. The highest BCUT2D eigenvalue weighted by molar-refractivity contribution is 7.59. The second-order valence-electron chi connectivity index (χ2n) is 7.82. The Kier molecular flexibility index (Phi) is 9.30. The van der Waals surface area contributed by atoms with E-state index in [0.29, 0.717) is 42.8 Å². The van der Waals surface area contributed by atoms with E-state index in [1.54, 1.807) is 34.8 Å². The van der Waals surface area contributed by atoms with Crippen LogP contribution >= 0.6 is 27.0 Å². The molecule has 4 rings (SSSR count). The number of aliphatic hydroxyl groups is 1. The summed E-state index contributed by atoms with van der Waals surface area (Å²) >= 11 is 0. The van der Waals surface area contributed by atoms with Crippen molar-refractivity contribution < 1.29 is 14.3 Å². The Bertz CT molecular complexity index is 1120. The first kappa shape index (κ1) is 27.4. The first-order valence-corrected chi connectivity index (χ1v) is 10.5. The molecule has 0 fully saturated rings. The van der Waals surface area contributed by atoms with Crippen LogP contribution in [-0.4, -0.2) is 49.5 Å². The van der Waals surface area contributed by atoms with E-state index in [1.165, 1.54) is 12.1 Å². The van der Waals surface area contributed by atoms with Gasteiger partial charge < -0.3 is 20.6 Å². The summed E-state index contributed by atoms with van der Waals surface area (Å²) in [6, 6.07) is 5.62. The number of rotatable bonds is 7. The predicted octanol–water partition coefficient (Wildman–Crippen LogP) is 2.53. The fourth-order valence-electron chi connectivity index (χ4n) is 3.83. The predicted molar refractivity (Wildman–Crippen MR) is 140 cm³/mol. The van der Waals surface area contributed by atoms with Gasteiger partial charge in [0.25, 0.3) is 0 Å². The maximum Gasteiger partial charge on any atom is 0.249 e. The molecule has 1 amide bonds. The SMILES string of the molecule is CCN1c2nc(NCc3cnn(Cc4ccc(F)cc4)c3)nc(C)c2NC(=O)[C@@H]1[C@H](C)O.S.S. The second-order valence-corrected chi connectivity index (χ2v) is 7.82. The molecule has 34 heavy (non-hydrogen) atoms. The van der Waals surface area contributed by atoms with Crippen LogP contribution in [-0.2, 0) is 17.9 Å². The third kappa shape index (κ3) is 5.80. The number of aromatic nitrogens is 4. The number of nitrogens with one attached hydrogen (secondary N) is 2. The molecule has 1 aromatic carbocycles. The molecule has 2 aromatic heterocycles. The second kappa shape index (κ2) is 11.5. The van der Waals surface area contributed by atoms with E-state index in [-0.39, 0.29) is 38.7 Å². The molecule has 0 aliphatic carbocycles. The molecule has 0 saturated carbocycles. The van der Waals surface area contributed by atoms with Crippen molar-refractivity contribution in [3.63, 3.8) is 0 Å². The molecule has 0 spiro atoms. The van der Waals surface area contributed by atoms with Gasteiger partial charge in [0.05, 0.1) is 24.5 Å². The maximum atomic E-state index is 13.1. The number of amides is 1. The summed E-state index contributed by atoms with van der Waals surface area (Å²) in [6.45, 7) is 6.83. The first-order valence-electron chi connectivity index (χ1n) is 10.5. The van der Waals surface area contributed by atoms with Crippen molar-refractivity contribution in [2.45, 2.75) is 46.0 Å². The Balaban J connectivity index is 0.00000204. The molecule has 0 unspecified atom stereocenters. The highest BCUT2D eigenvalue weighted by Crippen LogP contribution is 2.34. The van der Waals surface area contributed by atoms with E-state index in [1.807, 2.05) is 20.0 Å². The molecule has 1 aliphatic heterocycles.